The van der Waals surface area contributed by atoms with Gasteiger partial charge in [0.15, 0.2) is 0 Å². The van der Waals surface area contributed by atoms with Gasteiger partial charge >= 0.3 is 0 Å². The normalized spacial score (nSPS) is 27.8. The molecule has 72 valence electrons. The lowest BCUT2D eigenvalue weighted by Gasteiger charge is -2.22. The predicted molar refractivity (Wildman–Crippen MR) is 53.4 cm³/mol. The Kier molecular flexibility index (Phi) is 4.02. The minimum atomic E-state index is 0.754. The summed E-state index contributed by atoms with van der Waals surface area (Å²) in [5.41, 5.74) is 0. The first kappa shape index (κ1) is 10.0. The molecule has 0 aromatic heterocycles. The van der Waals surface area contributed by atoms with Gasteiger partial charge in [-0.2, -0.15) is 0 Å². The first-order valence-corrected chi connectivity index (χ1v) is 5.25. The van der Waals surface area contributed by atoms with Crippen LogP contribution in [0.4, 0.5) is 0 Å². The van der Waals surface area contributed by atoms with Crippen LogP contribution in [0.5, 0.6) is 0 Å². The van der Waals surface area contributed by atoms with Gasteiger partial charge in [-0.25, -0.2) is 0 Å². The number of nitrogens with one attached hydrogen (secondary N) is 1. The Morgan fingerprint density at radius 2 is 2.25 bits per heavy atom. The molecule has 1 aliphatic rings. The van der Waals surface area contributed by atoms with Crippen molar-refractivity contribution < 1.29 is 0 Å². The second kappa shape index (κ2) is 4.83. The molecule has 1 rings (SSSR count). The van der Waals surface area contributed by atoms with E-state index in [0.29, 0.717) is 0 Å². The van der Waals surface area contributed by atoms with Gasteiger partial charge < -0.3 is 5.32 Å². The number of hydrogen-bond donors (Lipinski definition) is 1. The van der Waals surface area contributed by atoms with Gasteiger partial charge in [0.1, 0.15) is 0 Å². The Balaban J connectivity index is 2.25. The van der Waals surface area contributed by atoms with E-state index in [1.807, 2.05) is 0 Å². The van der Waals surface area contributed by atoms with Gasteiger partial charge in [0, 0.05) is 25.2 Å². The SMILES string of the molecule is CCNC1CCN(C(C)CC)C1. The first-order chi connectivity index (χ1) is 5.77. The zero-order chi connectivity index (χ0) is 8.97. The van der Waals surface area contributed by atoms with Crippen LogP contribution in [0, 0.1) is 0 Å². The third kappa shape index (κ3) is 2.46. The average Bonchev–Trinajstić information content (AvgIpc) is 2.52. The number of rotatable bonds is 4. The van der Waals surface area contributed by atoms with Crippen molar-refractivity contribution in [1.29, 1.82) is 0 Å². The summed E-state index contributed by atoms with van der Waals surface area (Å²) < 4.78 is 0. The summed E-state index contributed by atoms with van der Waals surface area (Å²) >= 11 is 0. The molecule has 2 heteroatoms. The molecule has 0 spiro atoms. The van der Waals surface area contributed by atoms with Crippen LogP contribution in [0.3, 0.4) is 0 Å². The Morgan fingerprint density at radius 1 is 1.50 bits per heavy atom. The Hall–Kier alpha value is -0.0800. The highest BCUT2D eigenvalue weighted by Gasteiger charge is 2.23. The van der Waals surface area contributed by atoms with Crippen LogP contribution in [-0.2, 0) is 0 Å². The van der Waals surface area contributed by atoms with Gasteiger partial charge in [0.05, 0.1) is 0 Å². The van der Waals surface area contributed by atoms with E-state index >= 15 is 0 Å². The third-order valence-corrected chi connectivity index (χ3v) is 2.93. The fraction of sp³-hybridized carbons (Fsp3) is 1.00. The maximum atomic E-state index is 3.51. The molecule has 0 aromatic carbocycles. The quantitative estimate of drug-likeness (QED) is 0.687. The van der Waals surface area contributed by atoms with Crippen molar-refractivity contribution >= 4 is 0 Å². The van der Waals surface area contributed by atoms with E-state index in [4.69, 9.17) is 0 Å². The topological polar surface area (TPSA) is 15.3 Å². The first-order valence-electron chi connectivity index (χ1n) is 5.25. The highest BCUT2D eigenvalue weighted by molar-refractivity contribution is 4.82. The molecule has 12 heavy (non-hydrogen) atoms. The van der Waals surface area contributed by atoms with E-state index in [9.17, 15) is 0 Å². The van der Waals surface area contributed by atoms with E-state index < -0.39 is 0 Å². The molecule has 0 aliphatic carbocycles. The van der Waals surface area contributed by atoms with Gasteiger partial charge in [-0.3, -0.25) is 4.90 Å². The van der Waals surface area contributed by atoms with Crippen LogP contribution in [0.1, 0.15) is 33.6 Å². The van der Waals surface area contributed by atoms with Crippen molar-refractivity contribution in [1.82, 2.24) is 10.2 Å². The van der Waals surface area contributed by atoms with Crippen molar-refractivity contribution in [3.8, 4) is 0 Å². The third-order valence-electron chi connectivity index (χ3n) is 2.93. The van der Waals surface area contributed by atoms with Crippen LogP contribution in [0.2, 0.25) is 0 Å². The fourth-order valence-electron chi connectivity index (χ4n) is 1.90. The van der Waals surface area contributed by atoms with Crippen molar-refractivity contribution in [3.63, 3.8) is 0 Å². The van der Waals surface area contributed by atoms with E-state index in [2.05, 4.69) is 31.0 Å². The molecule has 2 atom stereocenters. The Labute approximate surface area is 76.3 Å². The lowest BCUT2D eigenvalue weighted by molar-refractivity contribution is 0.247. The molecule has 1 saturated heterocycles. The zero-order valence-corrected chi connectivity index (χ0v) is 8.64. The predicted octanol–water partition coefficient (Wildman–Crippen LogP) is 1.47. The van der Waals surface area contributed by atoms with Crippen molar-refractivity contribution in [3.05, 3.63) is 0 Å². The largest absolute Gasteiger partial charge is 0.313 e. The molecule has 0 saturated carbocycles. The molecule has 1 heterocycles. The van der Waals surface area contributed by atoms with Crippen molar-refractivity contribution in [2.45, 2.75) is 45.7 Å². The molecule has 0 amide bonds. The van der Waals surface area contributed by atoms with Gasteiger partial charge in [-0.05, 0) is 26.3 Å². The van der Waals surface area contributed by atoms with Gasteiger partial charge in [0.25, 0.3) is 0 Å². The molecule has 1 fully saturated rings. The van der Waals surface area contributed by atoms with E-state index in [1.54, 1.807) is 0 Å². The number of likely N-dealkylation sites (tertiary alicyclic amines) is 1. The molecule has 0 bridgehead atoms. The van der Waals surface area contributed by atoms with Crippen molar-refractivity contribution in [2.75, 3.05) is 19.6 Å². The second-order valence-corrected chi connectivity index (χ2v) is 3.80. The highest BCUT2D eigenvalue weighted by Crippen LogP contribution is 2.13. The highest BCUT2D eigenvalue weighted by atomic mass is 15.2. The van der Waals surface area contributed by atoms with Crippen LogP contribution >= 0.6 is 0 Å². The summed E-state index contributed by atoms with van der Waals surface area (Å²) in [6, 6.07) is 1.53. The minimum Gasteiger partial charge on any atom is -0.313 e. The number of nitrogens with zero attached hydrogens (tertiary/aromatic N) is 1. The van der Waals surface area contributed by atoms with E-state index in [-0.39, 0.29) is 0 Å². The molecule has 2 nitrogen and oxygen atoms in total. The summed E-state index contributed by atoms with van der Waals surface area (Å²) in [6.07, 6.45) is 2.61. The molecule has 0 aromatic rings. The standard InChI is InChI=1S/C10H22N2/c1-4-9(3)12-7-6-10(8-12)11-5-2/h9-11H,4-8H2,1-3H3. The van der Waals surface area contributed by atoms with Gasteiger partial charge in [-0.1, -0.05) is 13.8 Å². The molecule has 2 unspecified atom stereocenters. The summed E-state index contributed by atoms with van der Waals surface area (Å²) in [5.74, 6) is 0. The molecular formula is C10H22N2. The van der Waals surface area contributed by atoms with E-state index in [0.717, 1.165) is 18.6 Å². The maximum Gasteiger partial charge on any atom is 0.0207 e. The fourth-order valence-corrected chi connectivity index (χ4v) is 1.90. The van der Waals surface area contributed by atoms with Crippen LogP contribution < -0.4 is 5.32 Å². The lowest BCUT2D eigenvalue weighted by atomic mass is 10.2. The Bertz CT molecular complexity index is 125. The minimum absolute atomic E-state index is 0.754. The second-order valence-electron chi connectivity index (χ2n) is 3.80. The maximum absolute atomic E-state index is 3.51. The molecular weight excluding hydrogens is 148 g/mol. The molecule has 0 radical (unpaired) electrons. The van der Waals surface area contributed by atoms with Crippen molar-refractivity contribution in [2.24, 2.45) is 0 Å². The average molecular weight is 170 g/mol. The molecule has 1 N–H and O–H groups in total. The summed E-state index contributed by atoms with van der Waals surface area (Å²) in [6.45, 7) is 10.4. The number of likely N-dealkylation sites (N-methyl/N-ethyl adjacent to an activating group) is 1. The van der Waals surface area contributed by atoms with Gasteiger partial charge in [-0.15, -0.1) is 0 Å². The summed E-state index contributed by atoms with van der Waals surface area (Å²) in [5, 5.41) is 3.51. The monoisotopic (exact) mass is 170 g/mol. The molecule has 1 aliphatic heterocycles. The van der Waals surface area contributed by atoms with Crippen LogP contribution in [0.15, 0.2) is 0 Å². The smallest absolute Gasteiger partial charge is 0.0207 e. The number of hydrogen-bond acceptors (Lipinski definition) is 2. The summed E-state index contributed by atoms with van der Waals surface area (Å²) in [7, 11) is 0. The Morgan fingerprint density at radius 3 is 2.83 bits per heavy atom. The van der Waals surface area contributed by atoms with E-state index in [1.165, 1.54) is 25.9 Å². The van der Waals surface area contributed by atoms with Gasteiger partial charge in [0.2, 0.25) is 0 Å². The van der Waals surface area contributed by atoms with Crippen LogP contribution in [-0.4, -0.2) is 36.6 Å². The summed E-state index contributed by atoms with van der Waals surface area (Å²) in [4.78, 5) is 2.59. The lowest BCUT2D eigenvalue weighted by Crippen LogP contribution is -2.35. The van der Waals surface area contributed by atoms with Crippen LogP contribution in [0.25, 0.3) is 0 Å². The zero-order valence-electron chi connectivity index (χ0n) is 8.64.